The van der Waals surface area contributed by atoms with Crippen molar-refractivity contribution in [2.75, 3.05) is 0 Å². The van der Waals surface area contributed by atoms with Gasteiger partial charge < -0.3 is 5.32 Å². The highest BCUT2D eigenvalue weighted by atomic mass is 32.1. The van der Waals surface area contributed by atoms with E-state index in [1.807, 2.05) is 17.5 Å². The Morgan fingerprint density at radius 2 is 2.37 bits per heavy atom. The average Bonchev–Trinajstić information content (AvgIpc) is 2.99. The Labute approximate surface area is 118 Å². The maximum absolute atomic E-state index is 4.61. The predicted molar refractivity (Wildman–Crippen MR) is 80.4 cm³/mol. The molecule has 100 valence electrons. The molecule has 2 aromatic rings. The van der Waals surface area contributed by atoms with E-state index in [2.05, 4.69) is 46.9 Å². The van der Waals surface area contributed by atoms with Gasteiger partial charge in [0.15, 0.2) is 0 Å². The smallest absolute Gasteiger partial charge is 0.0605 e. The average molecular weight is 272 g/mol. The van der Waals surface area contributed by atoms with Crippen LogP contribution in [0.1, 0.15) is 54.4 Å². The third kappa shape index (κ3) is 2.72. The number of nitrogens with one attached hydrogen (secondary N) is 1. The molecule has 2 atom stereocenters. The van der Waals surface area contributed by atoms with E-state index in [9.17, 15) is 0 Å². The number of fused-ring (bicyclic) bond motifs is 1. The van der Waals surface area contributed by atoms with Gasteiger partial charge in [-0.2, -0.15) is 0 Å². The van der Waals surface area contributed by atoms with Gasteiger partial charge in [0.2, 0.25) is 0 Å². The molecule has 0 spiro atoms. The Bertz CT molecular complexity index is 521. The van der Waals surface area contributed by atoms with Crippen molar-refractivity contribution >= 4 is 11.3 Å². The first kappa shape index (κ1) is 12.8. The van der Waals surface area contributed by atoms with Crippen molar-refractivity contribution in [3.05, 3.63) is 52.0 Å². The largest absolute Gasteiger partial charge is 0.301 e. The number of aryl methyl sites for hydroxylation is 1. The molecule has 0 saturated carbocycles. The molecular weight excluding hydrogens is 252 g/mol. The molecule has 0 bridgehead atoms. The van der Waals surface area contributed by atoms with Crippen molar-refractivity contribution in [3.8, 4) is 0 Å². The van der Waals surface area contributed by atoms with Crippen LogP contribution in [-0.4, -0.2) is 4.98 Å². The Morgan fingerprint density at radius 3 is 3.16 bits per heavy atom. The Hall–Kier alpha value is -1.19. The third-order valence-electron chi connectivity index (χ3n) is 3.89. The molecule has 1 N–H and O–H groups in total. The van der Waals surface area contributed by atoms with Crippen molar-refractivity contribution in [1.82, 2.24) is 10.3 Å². The summed E-state index contributed by atoms with van der Waals surface area (Å²) in [5.41, 5.74) is 2.69. The number of aromatic nitrogens is 1. The highest BCUT2D eigenvalue weighted by molar-refractivity contribution is 7.10. The van der Waals surface area contributed by atoms with Crippen LogP contribution in [0.2, 0.25) is 0 Å². The highest BCUT2D eigenvalue weighted by Crippen LogP contribution is 2.32. The van der Waals surface area contributed by atoms with Gasteiger partial charge in [-0.25, -0.2) is 0 Å². The molecule has 0 aromatic carbocycles. The fraction of sp³-hybridized carbons (Fsp3) is 0.438. The van der Waals surface area contributed by atoms with Crippen LogP contribution in [0.3, 0.4) is 0 Å². The maximum atomic E-state index is 4.61. The van der Waals surface area contributed by atoms with Crippen LogP contribution < -0.4 is 5.32 Å². The van der Waals surface area contributed by atoms with Gasteiger partial charge in [0, 0.05) is 17.1 Å². The van der Waals surface area contributed by atoms with Crippen LogP contribution in [0.25, 0.3) is 0 Å². The number of thiophene rings is 1. The second-order valence-corrected chi connectivity index (χ2v) is 6.11. The van der Waals surface area contributed by atoms with Crippen LogP contribution in [0.4, 0.5) is 0 Å². The molecule has 0 aliphatic heterocycles. The SMILES string of the molecule is CCC(NC1CCCc2cccnc21)c1cccs1. The lowest BCUT2D eigenvalue weighted by Gasteiger charge is -2.29. The summed E-state index contributed by atoms with van der Waals surface area (Å²) in [6.45, 7) is 2.25. The zero-order chi connectivity index (χ0) is 13.1. The lowest BCUT2D eigenvalue weighted by molar-refractivity contribution is 0.389. The van der Waals surface area contributed by atoms with E-state index >= 15 is 0 Å². The molecular formula is C16H20N2S. The minimum atomic E-state index is 0.414. The molecule has 1 aliphatic rings. The molecule has 19 heavy (non-hydrogen) atoms. The van der Waals surface area contributed by atoms with Crippen molar-refractivity contribution in [3.63, 3.8) is 0 Å². The van der Waals surface area contributed by atoms with Gasteiger partial charge in [-0.3, -0.25) is 4.98 Å². The fourth-order valence-corrected chi connectivity index (χ4v) is 3.78. The maximum Gasteiger partial charge on any atom is 0.0605 e. The van der Waals surface area contributed by atoms with E-state index in [0.29, 0.717) is 12.1 Å². The monoisotopic (exact) mass is 272 g/mol. The Balaban J connectivity index is 1.80. The zero-order valence-electron chi connectivity index (χ0n) is 11.3. The number of nitrogens with zero attached hydrogens (tertiary/aromatic N) is 1. The van der Waals surface area contributed by atoms with E-state index in [1.54, 1.807) is 0 Å². The molecule has 2 heterocycles. The van der Waals surface area contributed by atoms with Crippen molar-refractivity contribution < 1.29 is 0 Å². The summed E-state index contributed by atoms with van der Waals surface area (Å²) in [4.78, 5) is 6.05. The molecule has 2 unspecified atom stereocenters. The van der Waals surface area contributed by atoms with Crippen molar-refractivity contribution in [1.29, 1.82) is 0 Å². The number of hydrogen-bond acceptors (Lipinski definition) is 3. The van der Waals surface area contributed by atoms with Crippen LogP contribution in [0.15, 0.2) is 35.8 Å². The van der Waals surface area contributed by atoms with E-state index in [0.717, 1.165) is 6.42 Å². The van der Waals surface area contributed by atoms with Crippen LogP contribution >= 0.6 is 11.3 Å². The third-order valence-corrected chi connectivity index (χ3v) is 4.88. The fourth-order valence-electron chi connectivity index (χ4n) is 2.91. The van der Waals surface area contributed by atoms with E-state index in [-0.39, 0.29) is 0 Å². The Morgan fingerprint density at radius 1 is 1.42 bits per heavy atom. The molecule has 3 rings (SSSR count). The van der Waals surface area contributed by atoms with Gasteiger partial charge >= 0.3 is 0 Å². The molecule has 2 aromatic heterocycles. The molecule has 2 nitrogen and oxygen atoms in total. The molecule has 0 saturated heterocycles. The summed E-state index contributed by atoms with van der Waals surface area (Å²) < 4.78 is 0. The molecule has 0 fully saturated rings. The van der Waals surface area contributed by atoms with Crippen molar-refractivity contribution in [2.24, 2.45) is 0 Å². The van der Waals surface area contributed by atoms with Crippen LogP contribution in [-0.2, 0) is 6.42 Å². The molecule has 3 heteroatoms. The normalized spacial score (nSPS) is 19.9. The van der Waals surface area contributed by atoms with E-state index < -0.39 is 0 Å². The van der Waals surface area contributed by atoms with Gasteiger partial charge in [-0.15, -0.1) is 11.3 Å². The molecule has 1 aliphatic carbocycles. The first-order chi connectivity index (χ1) is 9.38. The lowest BCUT2D eigenvalue weighted by Crippen LogP contribution is -2.29. The van der Waals surface area contributed by atoms with Crippen LogP contribution in [0, 0.1) is 0 Å². The number of hydrogen-bond donors (Lipinski definition) is 1. The Kier molecular flexibility index (Phi) is 3.95. The second-order valence-electron chi connectivity index (χ2n) is 5.14. The second kappa shape index (κ2) is 5.85. The van der Waals surface area contributed by atoms with Gasteiger partial charge in [0.1, 0.15) is 0 Å². The first-order valence-electron chi connectivity index (χ1n) is 7.11. The number of rotatable bonds is 4. The summed E-state index contributed by atoms with van der Waals surface area (Å²) in [6, 6.07) is 9.51. The zero-order valence-corrected chi connectivity index (χ0v) is 12.1. The highest BCUT2D eigenvalue weighted by Gasteiger charge is 2.24. The quantitative estimate of drug-likeness (QED) is 0.899. The van der Waals surface area contributed by atoms with Gasteiger partial charge in [-0.1, -0.05) is 19.1 Å². The summed E-state index contributed by atoms with van der Waals surface area (Å²) in [5.74, 6) is 0. The predicted octanol–water partition coefficient (Wildman–Crippen LogP) is 4.26. The van der Waals surface area contributed by atoms with Gasteiger partial charge in [0.05, 0.1) is 11.7 Å². The number of pyridine rings is 1. The molecule has 0 radical (unpaired) electrons. The van der Waals surface area contributed by atoms with Gasteiger partial charge in [0.25, 0.3) is 0 Å². The first-order valence-corrected chi connectivity index (χ1v) is 7.99. The van der Waals surface area contributed by atoms with Crippen LogP contribution in [0.5, 0.6) is 0 Å². The van der Waals surface area contributed by atoms with Crippen molar-refractivity contribution in [2.45, 2.75) is 44.7 Å². The summed E-state index contributed by atoms with van der Waals surface area (Å²) in [6.07, 6.45) is 6.68. The van der Waals surface area contributed by atoms with E-state index in [4.69, 9.17) is 0 Å². The molecule has 0 amide bonds. The summed E-state index contributed by atoms with van der Waals surface area (Å²) in [5, 5.41) is 5.97. The minimum absolute atomic E-state index is 0.414. The minimum Gasteiger partial charge on any atom is -0.301 e. The van der Waals surface area contributed by atoms with Gasteiger partial charge in [-0.05, 0) is 48.8 Å². The standard InChI is InChI=1S/C16H20N2S/c1-2-13(15-9-5-11-19-15)18-14-8-3-6-12-7-4-10-17-16(12)14/h4-5,7,9-11,13-14,18H,2-3,6,8H2,1H3. The summed E-state index contributed by atoms with van der Waals surface area (Å²) >= 11 is 1.84. The van der Waals surface area contributed by atoms with E-state index in [1.165, 1.54) is 35.4 Å². The lowest BCUT2D eigenvalue weighted by atomic mass is 9.91. The summed E-state index contributed by atoms with van der Waals surface area (Å²) in [7, 11) is 0. The topological polar surface area (TPSA) is 24.9 Å².